The molecule has 1 aromatic carbocycles. The molecule has 1 saturated heterocycles. The molecule has 0 aliphatic carbocycles. The van der Waals surface area contributed by atoms with Gasteiger partial charge in [-0.1, -0.05) is 18.2 Å². The molecule has 1 fully saturated rings. The second-order valence-corrected chi connectivity index (χ2v) is 5.09. The van der Waals surface area contributed by atoms with Crippen LogP contribution < -0.4 is 0 Å². The summed E-state index contributed by atoms with van der Waals surface area (Å²) in [6.45, 7) is 0.667. The van der Waals surface area contributed by atoms with Crippen molar-refractivity contribution >= 4 is 11.9 Å². The van der Waals surface area contributed by atoms with Gasteiger partial charge in [0.15, 0.2) is 0 Å². The first kappa shape index (κ1) is 13.4. The number of carboxylic acid groups (broad SMARTS) is 1. The molecule has 3 rings (SSSR count). The van der Waals surface area contributed by atoms with Gasteiger partial charge in [-0.25, -0.2) is 4.68 Å². The molecule has 6 nitrogen and oxygen atoms in total. The Labute approximate surface area is 121 Å². The minimum atomic E-state index is -0.911. The number of carboxylic acids is 1. The van der Waals surface area contributed by atoms with Crippen LogP contribution in [0.1, 0.15) is 12.0 Å². The minimum absolute atomic E-state index is 0.0826. The Bertz CT molecular complexity index is 667. The van der Waals surface area contributed by atoms with Gasteiger partial charge in [0.2, 0.25) is 5.91 Å². The third-order valence-electron chi connectivity index (χ3n) is 3.67. The number of nitrogens with zero attached hydrogens (tertiary/aromatic N) is 3. The highest BCUT2D eigenvalue weighted by atomic mass is 16.4. The molecule has 1 aromatic heterocycles. The van der Waals surface area contributed by atoms with E-state index < -0.39 is 11.9 Å². The van der Waals surface area contributed by atoms with Gasteiger partial charge in [-0.2, -0.15) is 5.10 Å². The van der Waals surface area contributed by atoms with Crippen LogP contribution in [0.5, 0.6) is 0 Å². The van der Waals surface area contributed by atoms with Crippen molar-refractivity contribution in [2.24, 2.45) is 5.92 Å². The summed E-state index contributed by atoms with van der Waals surface area (Å²) in [6.07, 6.45) is 3.61. The number of para-hydroxylation sites is 1. The van der Waals surface area contributed by atoms with Gasteiger partial charge in [-0.3, -0.25) is 9.59 Å². The summed E-state index contributed by atoms with van der Waals surface area (Å²) in [6, 6.07) is 9.50. The first-order valence-corrected chi connectivity index (χ1v) is 6.73. The standard InChI is InChI=1S/C15H15N3O3/c19-14-8-12(15(20)21)10-17(14)9-11-4-1-2-5-13(11)18-7-3-6-16-18/h1-7,12H,8-10H2,(H,20,21)/t12-/m0/s1. The molecule has 0 spiro atoms. The first-order valence-electron chi connectivity index (χ1n) is 6.73. The van der Waals surface area contributed by atoms with E-state index in [1.165, 1.54) is 0 Å². The van der Waals surface area contributed by atoms with Gasteiger partial charge < -0.3 is 10.0 Å². The highest BCUT2D eigenvalue weighted by molar-refractivity contribution is 5.86. The van der Waals surface area contributed by atoms with Crippen LogP contribution >= 0.6 is 0 Å². The van der Waals surface area contributed by atoms with Crippen molar-refractivity contribution in [1.29, 1.82) is 0 Å². The van der Waals surface area contributed by atoms with E-state index >= 15 is 0 Å². The molecule has 21 heavy (non-hydrogen) atoms. The molecular weight excluding hydrogens is 270 g/mol. The fraction of sp³-hybridized carbons (Fsp3) is 0.267. The highest BCUT2D eigenvalue weighted by Crippen LogP contribution is 2.22. The maximum absolute atomic E-state index is 11.9. The fourth-order valence-corrected chi connectivity index (χ4v) is 2.58. The molecule has 1 amide bonds. The van der Waals surface area contributed by atoms with Gasteiger partial charge in [-0.15, -0.1) is 0 Å². The zero-order valence-corrected chi connectivity index (χ0v) is 11.3. The van der Waals surface area contributed by atoms with Crippen LogP contribution in [-0.4, -0.2) is 38.2 Å². The van der Waals surface area contributed by atoms with Gasteiger partial charge in [0.25, 0.3) is 0 Å². The third-order valence-corrected chi connectivity index (χ3v) is 3.67. The van der Waals surface area contributed by atoms with Crippen molar-refractivity contribution in [3.05, 3.63) is 48.3 Å². The number of hydrogen-bond acceptors (Lipinski definition) is 3. The van der Waals surface area contributed by atoms with Crippen LogP contribution in [0, 0.1) is 5.92 Å². The van der Waals surface area contributed by atoms with Gasteiger partial charge in [0.1, 0.15) is 0 Å². The maximum atomic E-state index is 11.9. The minimum Gasteiger partial charge on any atom is -0.481 e. The van der Waals surface area contributed by atoms with Crippen LogP contribution in [0.3, 0.4) is 0 Å². The predicted octanol–water partition coefficient (Wildman–Crippen LogP) is 1.31. The zero-order chi connectivity index (χ0) is 14.8. The van der Waals surface area contributed by atoms with Gasteiger partial charge in [0.05, 0.1) is 11.6 Å². The van der Waals surface area contributed by atoms with Crippen molar-refractivity contribution < 1.29 is 14.7 Å². The Morgan fingerprint density at radius 3 is 2.81 bits per heavy atom. The zero-order valence-electron chi connectivity index (χ0n) is 11.3. The first-order chi connectivity index (χ1) is 10.1. The number of aromatic nitrogens is 2. The van der Waals surface area contributed by atoms with E-state index in [4.69, 9.17) is 5.11 Å². The number of aliphatic carboxylic acids is 1. The predicted molar refractivity (Wildman–Crippen MR) is 74.7 cm³/mol. The molecule has 1 aliphatic rings. The second-order valence-electron chi connectivity index (χ2n) is 5.09. The molecule has 2 aromatic rings. The lowest BCUT2D eigenvalue weighted by atomic mass is 10.1. The summed E-state index contributed by atoms with van der Waals surface area (Å²) < 4.78 is 1.74. The van der Waals surface area contributed by atoms with Crippen molar-refractivity contribution in [2.45, 2.75) is 13.0 Å². The Morgan fingerprint density at radius 1 is 1.33 bits per heavy atom. The molecule has 1 atom stereocenters. The molecule has 0 radical (unpaired) electrons. The Kier molecular flexibility index (Phi) is 3.43. The molecule has 108 valence electrons. The van der Waals surface area contributed by atoms with Crippen LogP contribution in [0.15, 0.2) is 42.7 Å². The molecule has 1 aliphatic heterocycles. The topological polar surface area (TPSA) is 75.4 Å². The summed E-state index contributed by atoms with van der Waals surface area (Å²) >= 11 is 0. The SMILES string of the molecule is O=C(O)[C@H]1CC(=O)N(Cc2ccccc2-n2cccn2)C1. The molecule has 6 heteroatoms. The van der Waals surface area contributed by atoms with E-state index in [1.54, 1.807) is 15.8 Å². The Hall–Kier alpha value is -2.63. The van der Waals surface area contributed by atoms with Gasteiger partial charge >= 0.3 is 5.97 Å². The number of carbonyl (C=O) groups is 2. The van der Waals surface area contributed by atoms with E-state index in [9.17, 15) is 9.59 Å². The van der Waals surface area contributed by atoms with Crippen LogP contribution in [0.2, 0.25) is 0 Å². The monoisotopic (exact) mass is 285 g/mol. The van der Waals surface area contributed by atoms with Crippen LogP contribution in [0.4, 0.5) is 0 Å². The van der Waals surface area contributed by atoms with Crippen LogP contribution in [-0.2, 0) is 16.1 Å². The van der Waals surface area contributed by atoms with E-state index in [1.807, 2.05) is 36.5 Å². The number of amides is 1. The largest absolute Gasteiger partial charge is 0.481 e. The Balaban J connectivity index is 1.83. The fourth-order valence-electron chi connectivity index (χ4n) is 2.58. The summed E-state index contributed by atoms with van der Waals surface area (Å²) in [5.74, 6) is -1.63. The van der Waals surface area contributed by atoms with Gasteiger partial charge in [-0.05, 0) is 17.7 Å². The van der Waals surface area contributed by atoms with Gasteiger partial charge in [0, 0.05) is 31.9 Å². The normalized spacial score (nSPS) is 18.2. The lowest BCUT2D eigenvalue weighted by molar-refractivity contribution is -0.141. The average molecular weight is 285 g/mol. The maximum Gasteiger partial charge on any atom is 0.308 e. The van der Waals surface area contributed by atoms with Crippen molar-refractivity contribution in [3.63, 3.8) is 0 Å². The smallest absolute Gasteiger partial charge is 0.308 e. The molecule has 2 heterocycles. The van der Waals surface area contributed by atoms with E-state index in [-0.39, 0.29) is 18.9 Å². The lowest BCUT2D eigenvalue weighted by Gasteiger charge is -2.18. The third kappa shape index (κ3) is 2.65. The van der Waals surface area contributed by atoms with E-state index in [2.05, 4.69) is 5.10 Å². The average Bonchev–Trinajstić information content (AvgIpc) is 3.10. The van der Waals surface area contributed by atoms with Crippen molar-refractivity contribution in [3.8, 4) is 5.69 Å². The number of carbonyl (C=O) groups excluding carboxylic acids is 1. The summed E-state index contributed by atoms with van der Waals surface area (Å²) in [5, 5.41) is 13.2. The Morgan fingerprint density at radius 2 is 2.14 bits per heavy atom. The lowest BCUT2D eigenvalue weighted by Crippen LogP contribution is -2.26. The molecule has 0 saturated carbocycles. The molecule has 0 unspecified atom stereocenters. The van der Waals surface area contributed by atoms with Crippen molar-refractivity contribution in [1.82, 2.24) is 14.7 Å². The number of rotatable bonds is 4. The molecular formula is C15H15N3O3. The summed E-state index contributed by atoms with van der Waals surface area (Å²) in [4.78, 5) is 24.5. The number of likely N-dealkylation sites (tertiary alicyclic amines) is 1. The van der Waals surface area contributed by atoms with E-state index in [0.29, 0.717) is 6.54 Å². The second kappa shape index (κ2) is 5.40. The molecule has 0 bridgehead atoms. The van der Waals surface area contributed by atoms with Crippen molar-refractivity contribution in [2.75, 3.05) is 6.54 Å². The summed E-state index contributed by atoms with van der Waals surface area (Å²) in [5.41, 5.74) is 1.84. The van der Waals surface area contributed by atoms with Crippen LogP contribution in [0.25, 0.3) is 5.69 Å². The van der Waals surface area contributed by atoms with E-state index in [0.717, 1.165) is 11.3 Å². The highest BCUT2D eigenvalue weighted by Gasteiger charge is 2.34. The molecule has 1 N–H and O–H groups in total. The quantitative estimate of drug-likeness (QED) is 0.919. The number of hydrogen-bond donors (Lipinski definition) is 1. The summed E-state index contributed by atoms with van der Waals surface area (Å²) in [7, 11) is 0. The number of benzene rings is 1.